The molecule has 0 aromatic heterocycles. The molecule has 2 nitrogen and oxygen atoms in total. The summed E-state index contributed by atoms with van der Waals surface area (Å²) in [6, 6.07) is 18.6. The van der Waals surface area contributed by atoms with Crippen LogP contribution in [0.3, 0.4) is 0 Å². The number of halogens is 8. The van der Waals surface area contributed by atoms with Crippen LogP contribution in [0.5, 0.6) is 17.2 Å². The number of hydrogen-bond donors (Lipinski definition) is 0. The summed E-state index contributed by atoms with van der Waals surface area (Å²) in [5, 5.41) is 0. The zero-order chi connectivity index (χ0) is 36.2. The lowest BCUT2D eigenvalue weighted by molar-refractivity contribution is 0.131. The van der Waals surface area contributed by atoms with Gasteiger partial charge >= 0.3 is 0 Å². The molecule has 5 aromatic rings. The van der Waals surface area contributed by atoms with Crippen molar-refractivity contribution >= 4 is 0 Å². The van der Waals surface area contributed by atoms with Gasteiger partial charge in [0.2, 0.25) is 17.4 Å². The number of rotatable bonds is 6. The molecule has 0 aliphatic rings. The Morgan fingerprint density at radius 3 is 1.39 bits per heavy atom. The predicted molar refractivity (Wildman–Crippen MR) is 173 cm³/mol. The second kappa shape index (κ2) is 12.9. The van der Waals surface area contributed by atoms with E-state index in [1.54, 1.807) is 60.7 Å². The summed E-state index contributed by atoms with van der Waals surface area (Å²) in [7, 11) is 0. The molecule has 0 spiro atoms. The fraction of sp³-hybridized carbons (Fsp3) is 0.231. The summed E-state index contributed by atoms with van der Waals surface area (Å²) in [6.45, 7) is 11.0. The van der Waals surface area contributed by atoms with Gasteiger partial charge in [0.15, 0.2) is 34.9 Å². The van der Waals surface area contributed by atoms with E-state index in [1.165, 1.54) is 26.8 Å². The lowest BCUT2D eigenvalue weighted by atomic mass is 9.84. The Morgan fingerprint density at radius 1 is 0.490 bits per heavy atom. The predicted octanol–water partition coefficient (Wildman–Crippen LogP) is 12.4. The van der Waals surface area contributed by atoms with Crippen molar-refractivity contribution in [3.05, 3.63) is 124 Å². The summed E-state index contributed by atoms with van der Waals surface area (Å²) in [5.74, 6) is -18.9. The zero-order valence-corrected chi connectivity index (χ0v) is 27.7. The van der Waals surface area contributed by atoms with Crippen molar-refractivity contribution < 1.29 is 44.6 Å². The van der Waals surface area contributed by atoms with Crippen LogP contribution in [0.15, 0.2) is 66.7 Å². The fourth-order valence-corrected chi connectivity index (χ4v) is 5.40. The first-order valence-electron chi connectivity index (χ1n) is 15.2. The standard InChI is InChI=1S/C39H32F8O2/c1-19-13-15-21(16-14-19)22-18-25(49-39(5,6)7)23(20-11-9-8-10-12-20)17-24(22)48-37-35(46)31(42)27(32(43)36(37)47)26-29(40)33(44)28(38(2,3)4)34(45)30(26)41/h8-18H,1-7H3. The van der Waals surface area contributed by atoms with Crippen molar-refractivity contribution in [2.45, 2.75) is 59.5 Å². The van der Waals surface area contributed by atoms with Gasteiger partial charge in [-0.25, -0.2) is 26.3 Å². The second-order valence-electron chi connectivity index (χ2n) is 13.6. The first-order chi connectivity index (χ1) is 22.8. The topological polar surface area (TPSA) is 18.5 Å². The molecule has 0 aliphatic carbocycles. The van der Waals surface area contributed by atoms with E-state index < -0.39 is 80.0 Å². The maximum Gasteiger partial charge on any atom is 0.205 e. The summed E-state index contributed by atoms with van der Waals surface area (Å²) >= 11 is 0. The third-order valence-corrected chi connectivity index (χ3v) is 7.64. The lowest BCUT2D eigenvalue weighted by Gasteiger charge is -2.25. The highest BCUT2D eigenvalue weighted by molar-refractivity contribution is 5.82. The van der Waals surface area contributed by atoms with E-state index in [1.807, 2.05) is 27.7 Å². The summed E-state index contributed by atoms with van der Waals surface area (Å²) in [5.41, 5.74) is -4.59. The van der Waals surface area contributed by atoms with Gasteiger partial charge < -0.3 is 9.47 Å². The van der Waals surface area contributed by atoms with E-state index in [4.69, 9.17) is 9.47 Å². The van der Waals surface area contributed by atoms with E-state index in [0.717, 1.165) is 5.56 Å². The molecule has 256 valence electrons. The third-order valence-electron chi connectivity index (χ3n) is 7.64. The molecule has 49 heavy (non-hydrogen) atoms. The number of hydrogen-bond acceptors (Lipinski definition) is 2. The van der Waals surface area contributed by atoms with Gasteiger partial charge in [-0.2, -0.15) is 8.78 Å². The second-order valence-corrected chi connectivity index (χ2v) is 13.6. The Kier molecular flexibility index (Phi) is 9.31. The zero-order valence-electron chi connectivity index (χ0n) is 27.7. The highest BCUT2D eigenvalue weighted by atomic mass is 19.2. The monoisotopic (exact) mass is 684 g/mol. The molecule has 0 fully saturated rings. The maximum atomic E-state index is 15.8. The minimum absolute atomic E-state index is 0.210. The maximum absolute atomic E-state index is 15.8. The lowest BCUT2D eigenvalue weighted by Crippen LogP contribution is -2.23. The van der Waals surface area contributed by atoms with Gasteiger partial charge in [-0.05, 0) is 56.4 Å². The minimum atomic E-state index is -2.33. The van der Waals surface area contributed by atoms with Crippen LogP contribution in [0.4, 0.5) is 35.1 Å². The van der Waals surface area contributed by atoms with Crippen molar-refractivity contribution in [2.75, 3.05) is 0 Å². The first kappa shape index (κ1) is 35.4. The van der Waals surface area contributed by atoms with Crippen LogP contribution in [-0.2, 0) is 5.41 Å². The van der Waals surface area contributed by atoms with E-state index in [-0.39, 0.29) is 11.3 Å². The molecule has 0 amide bonds. The molecular formula is C39H32F8O2. The third kappa shape index (κ3) is 6.73. The Hall–Kier alpha value is -4.86. The van der Waals surface area contributed by atoms with Crippen molar-refractivity contribution in [1.82, 2.24) is 0 Å². The van der Waals surface area contributed by atoms with Crippen LogP contribution < -0.4 is 9.47 Å². The normalized spacial score (nSPS) is 12.0. The van der Waals surface area contributed by atoms with Crippen molar-refractivity contribution in [1.29, 1.82) is 0 Å². The smallest absolute Gasteiger partial charge is 0.205 e. The molecule has 0 N–H and O–H groups in total. The highest BCUT2D eigenvalue weighted by Gasteiger charge is 2.37. The first-order valence-corrected chi connectivity index (χ1v) is 15.2. The molecule has 0 aliphatic heterocycles. The van der Waals surface area contributed by atoms with Gasteiger partial charge in [0, 0.05) is 16.7 Å². The van der Waals surface area contributed by atoms with Gasteiger partial charge in [-0.15, -0.1) is 0 Å². The molecule has 10 heteroatoms. The van der Waals surface area contributed by atoms with Crippen LogP contribution in [0.1, 0.15) is 52.7 Å². The Labute approximate surface area is 278 Å². The molecule has 0 radical (unpaired) electrons. The number of aryl methyl sites for hydroxylation is 1. The van der Waals surface area contributed by atoms with Crippen LogP contribution in [0.25, 0.3) is 33.4 Å². The van der Waals surface area contributed by atoms with Gasteiger partial charge in [-0.3, -0.25) is 0 Å². The Balaban J connectivity index is 1.76. The summed E-state index contributed by atoms with van der Waals surface area (Å²) in [4.78, 5) is 0. The average Bonchev–Trinajstić information content (AvgIpc) is 3.02. The molecule has 0 saturated heterocycles. The molecule has 5 aromatic carbocycles. The Morgan fingerprint density at radius 2 is 0.918 bits per heavy atom. The van der Waals surface area contributed by atoms with Crippen molar-refractivity contribution in [3.8, 4) is 50.6 Å². The van der Waals surface area contributed by atoms with E-state index in [0.29, 0.717) is 22.4 Å². The Bertz CT molecular complexity index is 2000. The largest absolute Gasteiger partial charge is 0.487 e. The quantitative estimate of drug-likeness (QED) is 0.131. The number of ether oxygens (including phenoxy) is 2. The SMILES string of the molecule is Cc1ccc(-c2cc(OC(C)(C)C)c(-c3ccccc3)cc2Oc2c(F)c(F)c(-c3c(F)c(F)c(C(C)(C)C)c(F)c3F)c(F)c2F)cc1. The van der Waals surface area contributed by atoms with Crippen LogP contribution in [-0.4, -0.2) is 5.60 Å². The van der Waals surface area contributed by atoms with E-state index in [2.05, 4.69) is 0 Å². The number of benzene rings is 5. The van der Waals surface area contributed by atoms with Gasteiger partial charge in [0.1, 0.15) is 17.1 Å². The van der Waals surface area contributed by atoms with Crippen molar-refractivity contribution in [2.24, 2.45) is 0 Å². The van der Waals surface area contributed by atoms with Crippen molar-refractivity contribution in [3.63, 3.8) is 0 Å². The van der Waals surface area contributed by atoms with E-state index >= 15 is 35.1 Å². The minimum Gasteiger partial charge on any atom is -0.487 e. The van der Waals surface area contributed by atoms with Gasteiger partial charge in [0.05, 0.1) is 11.1 Å². The molecule has 0 atom stereocenters. The fourth-order valence-electron chi connectivity index (χ4n) is 5.40. The highest BCUT2D eigenvalue weighted by Crippen LogP contribution is 2.47. The molecule has 0 heterocycles. The van der Waals surface area contributed by atoms with Crippen LogP contribution in [0.2, 0.25) is 0 Å². The molecule has 0 saturated carbocycles. The van der Waals surface area contributed by atoms with E-state index in [9.17, 15) is 0 Å². The van der Waals surface area contributed by atoms with Gasteiger partial charge in [-0.1, -0.05) is 80.9 Å². The van der Waals surface area contributed by atoms with Crippen LogP contribution >= 0.6 is 0 Å². The summed E-state index contributed by atoms with van der Waals surface area (Å²) in [6.07, 6.45) is 0. The molecule has 0 bridgehead atoms. The molecular weight excluding hydrogens is 652 g/mol. The summed E-state index contributed by atoms with van der Waals surface area (Å²) < 4.78 is 135. The molecule has 5 rings (SSSR count). The van der Waals surface area contributed by atoms with Gasteiger partial charge in [0.25, 0.3) is 0 Å². The average molecular weight is 685 g/mol. The molecule has 0 unspecified atom stereocenters. The van der Waals surface area contributed by atoms with Crippen LogP contribution in [0, 0.1) is 53.5 Å².